The van der Waals surface area contributed by atoms with Gasteiger partial charge in [-0.2, -0.15) is 0 Å². The fourth-order valence-electron chi connectivity index (χ4n) is 3.32. The summed E-state index contributed by atoms with van der Waals surface area (Å²) in [6.45, 7) is 5.19. The molecular formula is C26H25ClN4O. The van der Waals surface area contributed by atoms with E-state index in [9.17, 15) is 0 Å². The average molecular weight is 445 g/mol. The molecule has 3 aromatic carbocycles. The van der Waals surface area contributed by atoms with Crippen molar-refractivity contribution in [3.63, 3.8) is 0 Å². The van der Waals surface area contributed by atoms with Crippen LogP contribution in [0.3, 0.4) is 0 Å². The molecule has 5 nitrogen and oxygen atoms in total. The van der Waals surface area contributed by atoms with Crippen LogP contribution in [-0.4, -0.2) is 16.6 Å². The Bertz CT molecular complexity index is 1160. The highest BCUT2D eigenvalue weighted by atomic mass is 35.5. The molecule has 0 spiro atoms. The summed E-state index contributed by atoms with van der Waals surface area (Å²) >= 11 is 6.01. The molecule has 4 aromatic rings. The van der Waals surface area contributed by atoms with Crippen LogP contribution >= 0.6 is 11.6 Å². The van der Waals surface area contributed by atoms with Crippen LogP contribution in [0.5, 0.6) is 5.75 Å². The van der Waals surface area contributed by atoms with E-state index in [1.54, 1.807) is 0 Å². The number of nitrogens with one attached hydrogen (secondary N) is 2. The number of hydrogen-bond acceptors (Lipinski definition) is 5. The summed E-state index contributed by atoms with van der Waals surface area (Å²) in [5.41, 5.74) is 4.79. The molecule has 0 saturated carbocycles. The predicted octanol–water partition coefficient (Wildman–Crippen LogP) is 6.86. The van der Waals surface area contributed by atoms with Crippen LogP contribution in [0.25, 0.3) is 11.4 Å². The van der Waals surface area contributed by atoms with Gasteiger partial charge in [-0.15, -0.1) is 0 Å². The van der Waals surface area contributed by atoms with Crippen molar-refractivity contribution in [1.82, 2.24) is 9.97 Å². The van der Waals surface area contributed by atoms with E-state index in [1.807, 2.05) is 92.7 Å². The summed E-state index contributed by atoms with van der Waals surface area (Å²) in [7, 11) is 0. The highest BCUT2D eigenvalue weighted by Crippen LogP contribution is 2.27. The van der Waals surface area contributed by atoms with Crippen molar-refractivity contribution in [2.24, 2.45) is 0 Å². The van der Waals surface area contributed by atoms with Gasteiger partial charge in [0.05, 0.1) is 6.61 Å². The molecule has 0 aliphatic rings. The van der Waals surface area contributed by atoms with Crippen LogP contribution in [0.1, 0.15) is 18.2 Å². The van der Waals surface area contributed by atoms with E-state index in [0.717, 1.165) is 39.8 Å². The van der Waals surface area contributed by atoms with E-state index in [2.05, 4.69) is 10.6 Å². The SMILES string of the molecule is CCOc1ccc(Nc2nc(-c3ccccc3)nc(C)c2CNc2ccc(Cl)cc2)cc1. The summed E-state index contributed by atoms with van der Waals surface area (Å²) in [5.74, 6) is 2.29. The van der Waals surface area contributed by atoms with Gasteiger partial charge in [-0.25, -0.2) is 9.97 Å². The van der Waals surface area contributed by atoms with Gasteiger partial charge in [0.1, 0.15) is 11.6 Å². The molecule has 0 amide bonds. The molecule has 4 rings (SSSR count). The van der Waals surface area contributed by atoms with Crippen LogP contribution < -0.4 is 15.4 Å². The summed E-state index contributed by atoms with van der Waals surface area (Å²) in [5, 5.41) is 7.62. The van der Waals surface area contributed by atoms with Gasteiger partial charge in [0.15, 0.2) is 5.82 Å². The minimum atomic E-state index is 0.571. The summed E-state index contributed by atoms with van der Waals surface area (Å²) in [6.07, 6.45) is 0. The van der Waals surface area contributed by atoms with Gasteiger partial charge in [-0.1, -0.05) is 41.9 Å². The number of aryl methyl sites for hydroxylation is 1. The number of anilines is 3. The Morgan fingerprint density at radius 1 is 0.844 bits per heavy atom. The van der Waals surface area contributed by atoms with Crippen molar-refractivity contribution in [2.75, 3.05) is 17.2 Å². The predicted molar refractivity (Wildman–Crippen MR) is 132 cm³/mol. The first-order valence-electron chi connectivity index (χ1n) is 10.5. The van der Waals surface area contributed by atoms with Crippen LogP contribution in [0, 0.1) is 6.92 Å². The smallest absolute Gasteiger partial charge is 0.161 e. The van der Waals surface area contributed by atoms with Crippen molar-refractivity contribution < 1.29 is 4.74 Å². The molecule has 0 aliphatic carbocycles. The van der Waals surface area contributed by atoms with E-state index in [4.69, 9.17) is 26.3 Å². The Balaban J connectivity index is 1.66. The monoisotopic (exact) mass is 444 g/mol. The fourth-order valence-corrected chi connectivity index (χ4v) is 3.45. The maximum Gasteiger partial charge on any atom is 0.161 e. The minimum Gasteiger partial charge on any atom is -0.494 e. The summed E-state index contributed by atoms with van der Waals surface area (Å²) < 4.78 is 5.55. The van der Waals surface area contributed by atoms with E-state index in [-0.39, 0.29) is 0 Å². The van der Waals surface area contributed by atoms with Crippen LogP contribution in [-0.2, 0) is 6.54 Å². The first kappa shape index (κ1) is 21.7. The topological polar surface area (TPSA) is 59.1 Å². The third kappa shape index (κ3) is 5.37. The highest BCUT2D eigenvalue weighted by molar-refractivity contribution is 6.30. The molecule has 0 saturated heterocycles. The normalized spacial score (nSPS) is 10.6. The van der Waals surface area contributed by atoms with Crippen LogP contribution in [0.4, 0.5) is 17.2 Å². The lowest BCUT2D eigenvalue weighted by Crippen LogP contribution is -2.10. The molecule has 0 bridgehead atoms. The third-order valence-electron chi connectivity index (χ3n) is 4.99. The first-order chi connectivity index (χ1) is 15.6. The minimum absolute atomic E-state index is 0.571. The fraction of sp³-hybridized carbons (Fsp3) is 0.154. The number of benzene rings is 3. The second-order valence-corrected chi connectivity index (χ2v) is 7.71. The van der Waals surface area contributed by atoms with Crippen molar-refractivity contribution in [1.29, 1.82) is 0 Å². The Morgan fingerprint density at radius 2 is 1.53 bits per heavy atom. The zero-order valence-corrected chi connectivity index (χ0v) is 18.9. The van der Waals surface area contributed by atoms with Crippen molar-refractivity contribution >= 4 is 28.8 Å². The Kier molecular flexibility index (Phi) is 6.87. The Morgan fingerprint density at radius 3 is 2.22 bits per heavy atom. The molecule has 162 valence electrons. The maximum atomic E-state index is 6.01. The molecule has 0 radical (unpaired) electrons. The number of aromatic nitrogens is 2. The molecule has 32 heavy (non-hydrogen) atoms. The molecule has 1 heterocycles. The molecule has 1 aromatic heterocycles. The molecular weight excluding hydrogens is 420 g/mol. The van der Waals surface area contributed by atoms with Gasteiger partial charge in [0.25, 0.3) is 0 Å². The zero-order valence-electron chi connectivity index (χ0n) is 18.1. The van der Waals surface area contributed by atoms with Gasteiger partial charge in [0.2, 0.25) is 0 Å². The van der Waals surface area contributed by atoms with E-state index in [1.165, 1.54) is 0 Å². The van der Waals surface area contributed by atoms with E-state index < -0.39 is 0 Å². The lowest BCUT2D eigenvalue weighted by Gasteiger charge is -2.16. The Labute approximate surface area is 193 Å². The van der Waals surface area contributed by atoms with Gasteiger partial charge in [-0.3, -0.25) is 0 Å². The van der Waals surface area contributed by atoms with Crippen molar-refractivity contribution in [3.8, 4) is 17.1 Å². The molecule has 0 aliphatic heterocycles. The average Bonchev–Trinajstić information content (AvgIpc) is 2.81. The third-order valence-corrected chi connectivity index (χ3v) is 5.24. The number of halogens is 1. The maximum absolute atomic E-state index is 6.01. The largest absolute Gasteiger partial charge is 0.494 e. The number of hydrogen-bond donors (Lipinski definition) is 2. The summed E-state index contributed by atoms with van der Waals surface area (Å²) in [4.78, 5) is 9.65. The van der Waals surface area contributed by atoms with Gasteiger partial charge >= 0.3 is 0 Å². The second-order valence-electron chi connectivity index (χ2n) is 7.27. The van der Waals surface area contributed by atoms with Gasteiger partial charge in [-0.05, 0) is 62.4 Å². The highest BCUT2D eigenvalue weighted by Gasteiger charge is 2.14. The Hall–Kier alpha value is -3.57. The number of rotatable bonds is 8. The lowest BCUT2D eigenvalue weighted by molar-refractivity contribution is 0.340. The van der Waals surface area contributed by atoms with E-state index >= 15 is 0 Å². The van der Waals surface area contributed by atoms with Gasteiger partial charge in [0, 0.05) is 39.8 Å². The van der Waals surface area contributed by atoms with Crippen molar-refractivity contribution in [3.05, 3.63) is 95.1 Å². The van der Waals surface area contributed by atoms with Crippen molar-refractivity contribution in [2.45, 2.75) is 20.4 Å². The first-order valence-corrected chi connectivity index (χ1v) is 10.9. The molecule has 6 heteroatoms. The second kappa shape index (κ2) is 10.2. The molecule has 0 fully saturated rings. The standard InChI is InChI=1S/C26H25ClN4O/c1-3-32-23-15-13-22(14-16-23)30-26-24(17-28-21-11-9-20(27)10-12-21)18(2)29-25(31-26)19-7-5-4-6-8-19/h4-16,28H,3,17H2,1-2H3,(H,29,30,31). The molecule has 2 N–H and O–H groups in total. The number of ether oxygens (including phenoxy) is 1. The zero-order chi connectivity index (χ0) is 22.3. The van der Waals surface area contributed by atoms with Crippen LogP contribution in [0.15, 0.2) is 78.9 Å². The lowest BCUT2D eigenvalue weighted by atomic mass is 10.1. The summed E-state index contributed by atoms with van der Waals surface area (Å²) in [6, 6.07) is 25.5. The number of nitrogens with zero attached hydrogens (tertiary/aromatic N) is 2. The van der Waals surface area contributed by atoms with Crippen LogP contribution in [0.2, 0.25) is 5.02 Å². The molecule has 0 atom stereocenters. The molecule has 0 unspecified atom stereocenters. The van der Waals surface area contributed by atoms with Gasteiger partial charge < -0.3 is 15.4 Å². The quantitative estimate of drug-likeness (QED) is 0.311. The van der Waals surface area contributed by atoms with E-state index in [0.29, 0.717) is 24.0 Å².